The zero-order valence-corrected chi connectivity index (χ0v) is 13.9. The molecule has 0 spiro atoms. The molecule has 1 unspecified atom stereocenters. The van der Waals surface area contributed by atoms with E-state index in [2.05, 4.69) is 0 Å². The molecule has 0 saturated carbocycles. The molecule has 2 heterocycles. The van der Waals surface area contributed by atoms with Crippen LogP contribution in [-0.2, 0) is 9.59 Å². The zero-order valence-electron chi connectivity index (χ0n) is 13.9. The number of hydrogen-bond acceptors (Lipinski definition) is 3. The lowest BCUT2D eigenvalue weighted by molar-refractivity contribution is -0.134. The number of ether oxygens (including phenoxy) is 1. The number of carbonyl (C=O) groups is 2. The number of fused-ring (bicyclic) bond motifs is 1. The highest BCUT2D eigenvalue weighted by atomic mass is 16.5. The van der Waals surface area contributed by atoms with Gasteiger partial charge in [0.15, 0.2) is 6.10 Å². The molecule has 3 rings (SSSR count). The molecular weight excluding hydrogens is 292 g/mol. The van der Waals surface area contributed by atoms with E-state index >= 15 is 0 Å². The van der Waals surface area contributed by atoms with E-state index in [1.54, 1.807) is 4.90 Å². The van der Waals surface area contributed by atoms with Crippen molar-refractivity contribution in [2.24, 2.45) is 0 Å². The number of anilines is 1. The fraction of sp³-hybridized carbons (Fsp3) is 0.556. The molecule has 5 nitrogen and oxygen atoms in total. The monoisotopic (exact) mass is 316 g/mol. The highest BCUT2D eigenvalue weighted by Crippen LogP contribution is 2.35. The van der Waals surface area contributed by atoms with Crippen LogP contribution in [0.25, 0.3) is 0 Å². The molecule has 1 aromatic rings. The van der Waals surface area contributed by atoms with Gasteiger partial charge in [-0.05, 0) is 50.3 Å². The number of aryl methyl sites for hydroxylation is 1. The first-order valence-corrected chi connectivity index (χ1v) is 8.46. The van der Waals surface area contributed by atoms with Crippen LogP contribution in [0, 0.1) is 6.92 Å². The van der Waals surface area contributed by atoms with Crippen LogP contribution in [0.3, 0.4) is 0 Å². The number of rotatable bonds is 3. The number of carbonyl (C=O) groups excluding carboxylic acids is 2. The van der Waals surface area contributed by atoms with Gasteiger partial charge in [0.25, 0.3) is 5.91 Å². The number of piperidine rings is 1. The number of amides is 2. The highest BCUT2D eigenvalue weighted by molar-refractivity contribution is 6.03. The van der Waals surface area contributed by atoms with Gasteiger partial charge >= 0.3 is 0 Å². The summed E-state index contributed by atoms with van der Waals surface area (Å²) in [5, 5.41) is 0. The van der Waals surface area contributed by atoms with Gasteiger partial charge in [0.2, 0.25) is 5.91 Å². The van der Waals surface area contributed by atoms with Crippen molar-refractivity contribution in [3.63, 3.8) is 0 Å². The maximum atomic E-state index is 12.7. The summed E-state index contributed by atoms with van der Waals surface area (Å²) in [5.41, 5.74) is 1.76. The lowest BCUT2D eigenvalue weighted by atomic mass is 10.1. The van der Waals surface area contributed by atoms with E-state index in [-0.39, 0.29) is 18.4 Å². The molecule has 1 atom stereocenters. The molecule has 23 heavy (non-hydrogen) atoms. The Hall–Kier alpha value is -2.04. The molecule has 0 bridgehead atoms. The first-order valence-electron chi connectivity index (χ1n) is 8.46. The Morgan fingerprint density at radius 1 is 1.26 bits per heavy atom. The average molecular weight is 316 g/mol. The molecule has 2 aliphatic rings. The Bertz CT molecular complexity index is 608. The Balaban J connectivity index is 1.85. The van der Waals surface area contributed by atoms with Gasteiger partial charge < -0.3 is 9.64 Å². The molecule has 0 radical (unpaired) electrons. The molecule has 0 N–H and O–H groups in total. The van der Waals surface area contributed by atoms with Gasteiger partial charge in [0, 0.05) is 13.1 Å². The van der Waals surface area contributed by atoms with Gasteiger partial charge in [-0.2, -0.15) is 0 Å². The third-order valence-corrected chi connectivity index (χ3v) is 4.59. The molecule has 1 aromatic carbocycles. The first-order chi connectivity index (χ1) is 11.1. The van der Waals surface area contributed by atoms with E-state index < -0.39 is 6.10 Å². The summed E-state index contributed by atoms with van der Waals surface area (Å²) in [5.74, 6) is 0.603. The van der Waals surface area contributed by atoms with Crippen molar-refractivity contribution in [1.29, 1.82) is 0 Å². The third-order valence-electron chi connectivity index (χ3n) is 4.59. The maximum Gasteiger partial charge on any atom is 0.268 e. The average Bonchev–Trinajstić information content (AvgIpc) is 2.58. The third kappa shape index (κ3) is 3.19. The van der Waals surface area contributed by atoms with Gasteiger partial charge in [-0.15, -0.1) is 0 Å². The number of benzene rings is 1. The molecule has 1 saturated heterocycles. The summed E-state index contributed by atoms with van der Waals surface area (Å²) >= 11 is 0. The van der Waals surface area contributed by atoms with Gasteiger partial charge in [0.1, 0.15) is 12.3 Å². The minimum atomic E-state index is -0.501. The topological polar surface area (TPSA) is 49.9 Å². The van der Waals surface area contributed by atoms with Crippen molar-refractivity contribution in [2.45, 2.75) is 45.6 Å². The van der Waals surface area contributed by atoms with Crippen molar-refractivity contribution in [2.75, 3.05) is 24.5 Å². The van der Waals surface area contributed by atoms with Crippen LogP contribution < -0.4 is 9.64 Å². The van der Waals surface area contributed by atoms with E-state index in [1.807, 2.05) is 36.9 Å². The SMILES string of the molecule is CCC1Oc2ccc(C)cc2N(CC(=O)N2CCCCC2)C1=O. The minimum Gasteiger partial charge on any atom is -0.478 e. The van der Waals surface area contributed by atoms with Crippen LogP contribution in [0.5, 0.6) is 5.75 Å². The molecule has 1 fully saturated rings. The van der Waals surface area contributed by atoms with Crippen LogP contribution >= 0.6 is 0 Å². The second-order valence-electron chi connectivity index (χ2n) is 6.35. The van der Waals surface area contributed by atoms with Gasteiger partial charge in [-0.1, -0.05) is 13.0 Å². The molecule has 0 aliphatic carbocycles. The zero-order chi connectivity index (χ0) is 16.4. The molecule has 124 valence electrons. The normalized spacial score (nSPS) is 21.0. The predicted octanol–water partition coefficient (Wildman–Crippen LogP) is 2.51. The Morgan fingerprint density at radius 3 is 2.70 bits per heavy atom. The van der Waals surface area contributed by atoms with Crippen molar-refractivity contribution >= 4 is 17.5 Å². The van der Waals surface area contributed by atoms with Crippen molar-refractivity contribution < 1.29 is 14.3 Å². The lowest BCUT2D eigenvalue weighted by Crippen LogP contribution is -2.51. The van der Waals surface area contributed by atoms with Gasteiger partial charge in [0.05, 0.1) is 5.69 Å². The second-order valence-corrected chi connectivity index (χ2v) is 6.35. The smallest absolute Gasteiger partial charge is 0.268 e. The predicted molar refractivity (Wildman–Crippen MR) is 88.7 cm³/mol. The summed E-state index contributed by atoms with van der Waals surface area (Å²) < 4.78 is 5.79. The van der Waals surface area contributed by atoms with E-state index in [9.17, 15) is 9.59 Å². The quantitative estimate of drug-likeness (QED) is 0.861. The fourth-order valence-corrected chi connectivity index (χ4v) is 3.23. The molecule has 0 aromatic heterocycles. The first kappa shape index (κ1) is 15.8. The van der Waals surface area contributed by atoms with Crippen molar-refractivity contribution in [3.8, 4) is 5.75 Å². The van der Waals surface area contributed by atoms with Crippen LogP contribution in [0.2, 0.25) is 0 Å². The van der Waals surface area contributed by atoms with E-state index in [1.165, 1.54) is 6.42 Å². The number of likely N-dealkylation sites (tertiary alicyclic amines) is 1. The highest BCUT2D eigenvalue weighted by Gasteiger charge is 2.35. The summed E-state index contributed by atoms with van der Waals surface area (Å²) in [6, 6.07) is 5.77. The Morgan fingerprint density at radius 2 is 2.00 bits per heavy atom. The van der Waals surface area contributed by atoms with Gasteiger partial charge in [-0.3, -0.25) is 14.5 Å². The van der Waals surface area contributed by atoms with Crippen molar-refractivity contribution in [3.05, 3.63) is 23.8 Å². The Labute approximate surface area is 137 Å². The molecule has 2 amide bonds. The van der Waals surface area contributed by atoms with E-state index in [0.29, 0.717) is 17.9 Å². The minimum absolute atomic E-state index is 0.0299. The summed E-state index contributed by atoms with van der Waals surface area (Å²) in [7, 11) is 0. The van der Waals surface area contributed by atoms with E-state index in [4.69, 9.17) is 4.74 Å². The summed E-state index contributed by atoms with van der Waals surface area (Å²) in [4.78, 5) is 28.8. The van der Waals surface area contributed by atoms with Crippen LogP contribution in [0.4, 0.5) is 5.69 Å². The molecular formula is C18H24N2O3. The molecule has 2 aliphatic heterocycles. The standard InChI is InChI=1S/C18H24N2O3/c1-3-15-18(22)20(12-17(21)19-9-5-4-6-10-19)14-11-13(2)7-8-16(14)23-15/h7-8,11,15H,3-6,9-10,12H2,1-2H3. The van der Waals surface area contributed by atoms with Crippen LogP contribution in [0.1, 0.15) is 38.2 Å². The number of hydrogen-bond donors (Lipinski definition) is 0. The summed E-state index contributed by atoms with van der Waals surface area (Å²) in [6.07, 6.45) is 3.38. The van der Waals surface area contributed by atoms with E-state index in [0.717, 1.165) is 31.5 Å². The number of nitrogens with zero attached hydrogens (tertiary/aromatic N) is 2. The largest absolute Gasteiger partial charge is 0.478 e. The van der Waals surface area contributed by atoms with Gasteiger partial charge in [-0.25, -0.2) is 0 Å². The Kier molecular flexibility index (Phi) is 4.55. The second kappa shape index (κ2) is 6.60. The maximum absolute atomic E-state index is 12.7. The van der Waals surface area contributed by atoms with Crippen LogP contribution in [-0.4, -0.2) is 42.5 Å². The fourth-order valence-electron chi connectivity index (χ4n) is 3.23. The summed E-state index contributed by atoms with van der Waals surface area (Å²) in [6.45, 7) is 5.60. The lowest BCUT2D eigenvalue weighted by Gasteiger charge is -2.35. The van der Waals surface area contributed by atoms with Crippen LogP contribution in [0.15, 0.2) is 18.2 Å². The van der Waals surface area contributed by atoms with Crippen molar-refractivity contribution in [1.82, 2.24) is 4.90 Å². The molecule has 5 heteroatoms.